The maximum Gasteiger partial charge on any atom is 0.354 e. The first-order chi connectivity index (χ1) is 13.6. The van der Waals surface area contributed by atoms with Crippen LogP contribution in [0.3, 0.4) is 0 Å². The lowest BCUT2D eigenvalue weighted by molar-refractivity contribution is -0.562. The monoisotopic (exact) mass is 454 g/mol. The molecule has 3 N–H and O–H groups in total. The number of rotatable bonds is 4. The zero-order valence-electron chi connectivity index (χ0n) is 14.5. The molecule has 0 aliphatic rings. The highest BCUT2D eigenvalue weighted by atomic mass is 79.9. The van der Waals surface area contributed by atoms with Gasteiger partial charge in [0.25, 0.3) is 0 Å². The van der Waals surface area contributed by atoms with Crippen molar-refractivity contribution < 1.29 is 4.57 Å². The Morgan fingerprint density at radius 3 is 2.79 bits per heavy atom. The number of hydrogen-bond donors (Lipinski definition) is 2. The van der Waals surface area contributed by atoms with E-state index in [0.717, 1.165) is 5.56 Å². The molecule has 0 unspecified atom stereocenters. The lowest BCUT2D eigenvalue weighted by atomic mass is 10.1. The van der Waals surface area contributed by atoms with Gasteiger partial charge in [0.05, 0.1) is 22.2 Å². The quantitative estimate of drug-likeness (QED) is 0.458. The Bertz CT molecular complexity index is 1210. The van der Waals surface area contributed by atoms with Gasteiger partial charge in [-0.25, -0.2) is 0 Å². The number of nitrogens with two attached hydrogens (primary N) is 1. The summed E-state index contributed by atoms with van der Waals surface area (Å²) < 4.78 is 3.71. The number of anilines is 2. The predicted molar refractivity (Wildman–Crippen MR) is 111 cm³/mol. The zero-order chi connectivity index (χ0) is 19.7. The molecule has 0 amide bonds. The normalized spacial score (nSPS) is 10.8. The van der Waals surface area contributed by atoms with E-state index in [-0.39, 0.29) is 0 Å². The van der Waals surface area contributed by atoms with Gasteiger partial charge >= 0.3 is 12.1 Å². The summed E-state index contributed by atoms with van der Waals surface area (Å²) >= 11 is 9.90. The average molecular weight is 456 g/mol. The highest BCUT2D eigenvalue weighted by molar-refractivity contribution is 9.10. The first-order valence-corrected chi connectivity index (χ1v) is 9.47. The van der Waals surface area contributed by atoms with Gasteiger partial charge in [-0.1, -0.05) is 35.9 Å². The lowest BCUT2D eigenvalue weighted by Crippen LogP contribution is -2.38. The molecule has 0 aliphatic carbocycles. The van der Waals surface area contributed by atoms with E-state index in [1.54, 1.807) is 29.2 Å². The van der Waals surface area contributed by atoms with Gasteiger partial charge < -0.3 is 5.73 Å². The Morgan fingerprint density at radius 1 is 1.25 bits per heavy atom. The van der Waals surface area contributed by atoms with Crippen LogP contribution in [-0.2, 0) is 6.54 Å². The van der Waals surface area contributed by atoms with E-state index in [4.69, 9.17) is 17.3 Å². The molecule has 9 heteroatoms. The minimum Gasteiger partial charge on any atom is -0.393 e. The van der Waals surface area contributed by atoms with Gasteiger partial charge in [-0.3, -0.25) is 10.3 Å². The predicted octanol–water partition coefficient (Wildman–Crippen LogP) is 3.62. The molecule has 1 aromatic carbocycles. The zero-order valence-corrected chi connectivity index (χ0v) is 16.8. The lowest BCUT2D eigenvalue weighted by Gasteiger charge is -2.13. The van der Waals surface area contributed by atoms with Crippen molar-refractivity contribution in [3.8, 4) is 17.5 Å². The number of nitrogens with one attached hydrogen (secondary N) is 1. The molecular weight excluding hydrogens is 442 g/mol. The van der Waals surface area contributed by atoms with Gasteiger partial charge in [-0.05, 0) is 33.3 Å². The second kappa shape index (κ2) is 7.46. The van der Waals surface area contributed by atoms with E-state index < -0.39 is 0 Å². The molecule has 0 spiro atoms. The van der Waals surface area contributed by atoms with Crippen LogP contribution < -0.4 is 15.6 Å². The SMILES string of the molecule is N#C[n+]1c(-c2ccccc2Cl)c(N)c2c(Br)cnn2c1NCc1cccnc1. The number of hydrogen-bond acceptors (Lipinski definition) is 5. The van der Waals surface area contributed by atoms with Gasteiger partial charge in [0.2, 0.25) is 0 Å². The van der Waals surface area contributed by atoms with Crippen LogP contribution in [0, 0.1) is 11.5 Å². The van der Waals surface area contributed by atoms with Crippen LogP contribution in [0.2, 0.25) is 5.02 Å². The van der Waals surface area contributed by atoms with E-state index in [9.17, 15) is 5.26 Å². The minimum atomic E-state index is 0.394. The summed E-state index contributed by atoms with van der Waals surface area (Å²) in [4.78, 5) is 4.12. The molecule has 28 heavy (non-hydrogen) atoms. The Balaban J connectivity index is 1.97. The van der Waals surface area contributed by atoms with Crippen LogP contribution in [0.15, 0.2) is 59.5 Å². The fraction of sp³-hybridized carbons (Fsp3) is 0.0526. The maximum absolute atomic E-state index is 9.95. The summed E-state index contributed by atoms with van der Waals surface area (Å²) in [5.41, 5.74) is 9.61. The van der Waals surface area contributed by atoms with Crippen molar-refractivity contribution in [2.45, 2.75) is 6.54 Å². The molecule has 0 aliphatic heterocycles. The summed E-state index contributed by atoms with van der Waals surface area (Å²) in [5.74, 6) is 0.455. The highest BCUT2D eigenvalue weighted by Gasteiger charge is 2.27. The second-order valence-corrected chi connectivity index (χ2v) is 7.23. The molecule has 3 aromatic heterocycles. The van der Waals surface area contributed by atoms with Crippen molar-refractivity contribution in [1.29, 1.82) is 5.26 Å². The standard InChI is InChI=1S/C19H13BrClN7/c20-14-10-26-28-18(14)16(23)17(13-5-1-2-6-15(13)21)27(11-22)19(28)25-9-12-4-3-7-24-8-12/h1-8,10H,9,23H2/p+1. The van der Waals surface area contributed by atoms with Crippen molar-refractivity contribution in [2.24, 2.45) is 0 Å². The van der Waals surface area contributed by atoms with E-state index in [0.29, 0.717) is 44.4 Å². The van der Waals surface area contributed by atoms with E-state index in [1.165, 1.54) is 4.57 Å². The smallest absolute Gasteiger partial charge is 0.354 e. The summed E-state index contributed by atoms with van der Waals surface area (Å²) in [6, 6.07) is 11.1. The summed E-state index contributed by atoms with van der Waals surface area (Å²) in [7, 11) is 0. The van der Waals surface area contributed by atoms with E-state index in [1.807, 2.05) is 30.3 Å². The molecule has 0 atom stereocenters. The fourth-order valence-electron chi connectivity index (χ4n) is 3.02. The molecule has 0 radical (unpaired) electrons. The third-order valence-corrected chi connectivity index (χ3v) is 5.18. The van der Waals surface area contributed by atoms with Gasteiger partial charge in [-0.2, -0.15) is 0 Å². The van der Waals surface area contributed by atoms with Crippen molar-refractivity contribution in [3.63, 3.8) is 0 Å². The number of aromatic nitrogens is 4. The third kappa shape index (κ3) is 3.05. The molecule has 7 nitrogen and oxygen atoms in total. The second-order valence-electron chi connectivity index (χ2n) is 5.97. The number of fused-ring (bicyclic) bond motifs is 1. The van der Waals surface area contributed by atoms with Crippen LogP contribution in [-0.4, -0.2) is 14.6 Å². The number of nitrogens with zero attached hydrogens (tertiary/aromatic N) is 5. The van der Waals surface area contributed by atoms with Crippen molar-refractivity contribution in [3.05, 3.63) is 70.0 Å². The fourth-order valence-corrected chi connectivity index (χ4v) is 3.72. The maximum atomic E-state index is 9.95. The topological polar surface area (TPSA) is 95.9 Å². The Labute approximate surface area is 174 Å². The third-order valence-electron chi connectivity index (χ3n) is 4.27. The van der Waals surface area contributed by atoms with Crippen molar-refractivity contribution in [1.82, 2.24) is 14.6 Å². The Hall–Kier alpha value is -3.15. The van der Waals surface area contributed by atoms with Gasteiger partial charge in [-0.15, -0.1) is 14.2 Å². The van der Waals surface area contributed by atoms with Crippen molar-refractivity contribution in [2.75, 3.05) is 11.1 Å². The number of nitrogen functional groups attached to an aromatic ring is 1. The molecule has 0 saturated heterocycles. The van der Waals surface area contributed by atoms with Gasteiger partial charge in [0, 0.05) is 23.5 Å². The first kappa shape index (κ1) is 18.2. The van der Waals surface area contributed by atoms with E-state index in [2.05, 4.69) is 37.5 Å². The van der Waals surface area contributed by atoms with E-state index >= 15 is 0 Å². The van der Waals surface area contributed by atoms with Crippen molar-refractivity contribution >= 4 is 44.7 Å². The number of nitriles is 1. The van der Waals surface area contributed by atoms with Gasteiger partial charge in [0.1, 0.15) is 11.4 Å². The first-order valence-electron chi connectivity index (χ1n) is 8.30. The number of pyridine rings is 1. The van der Waals surface area contributed by atoms with Crippen LogP contribution >= 0.6 is 27.5 Å². The van der Waals surface area contributed by atoms with Crippen LogP contribution in [0.5, 0.6) is 0 Å². The Morgan fingerprint density at radius 2 is 2.07 bits per heavy atom. The largest absolute Gasteiger partial charge is 0.393 e. The number of benzene rings is 1. The molecule has 0 saturated carbocycles. The molecule has 4 aromatic rings. The molecular formula is C19H14BrClN7+. The molecule has 3 heterocycles. The van der Waals surface area contributed by atoms with Gasteiger partial charge in [0.15, 0.2) is 5.52 Å². The van der Waals surface area contributed by atoms with Crippen LogP contribution in [0.1, 0.15) is 5.56 Å². The number of halogens is 2. The summed E-state index contributed by atoms with van der Waals surface area (Å²) in [6.07, 6.45) is 7.30. The highest BCUT2D eigenvalue weighted by Crippen LogP contribution is 2.35. The van der Waals surface area contributed by atoms with Crippen LogP contribution in [0.4, 0.5) is 11.6 Å². The minimum absolute atomic E-state index is 0.394. The summed E-state index contributed by atoms with van der Waals surface area (Å²) in [6.45, 7) is 0.452. The Kier molecular flexibility index (Phi) is 4.86. The average Bonchev–Trinajstić information content (AvgIpc) is 3.10. The summed E-state index contributed by atoms with van der Waals surface area (Å²) in [5, 5.41) is 18.1. The molecule has 138 valence electrons. The molecule has 0 bridgehead atoms. The molecule has 4 rings (SSSR count). The van der Waals surface area contributed by atoms with Crippen LogP contribution in [0.25, 0.3) is 16.8 Å². The molecule has 0 fully saturated rings.